The first-order valence-corrected chi connectivity index (χ1v) is 22.6. The van der Waals surface area contributed by atoms with Crippen LogP contribution in [0.5, 0.6) is 0 Å². The average Bonchev–Trinajstić information content (AvgIpc) is 3.23. The van der Waals surface area contributed by atoms with Crippen LogP contribution >= 0.6 is 0 Å². The largest absolute Gasteiger partial charge is 0.466 e. The molecule has 3 rings (SSSR count). The van der Waals surface area contributed by atoms with Crippen molar-refractivity contribution in [1.29, 1.82) is 0 Å². The second kappa shape index (κ2) is 13.3. The fourth-order valence-corrected chi connectivity index (χ4v) is 10.0. The summed E-state index contributed by atoms with van der Waals surface area (Å²) in [6, 6.07) is 0. The molecule has 244 valence electrons. The number of hydrogen-bond acceptors (Lipinski definition) is 4. The van der Waals surface area contributed by atoms with Gasteiger partial charge in [-0.3, -0.25) is 0 Å². The molecule has 0 bridgehead atoms. The first-order valence-electron chi connectivity index (χ1n) is 16.8. The Morgan fingerprint density at radius 3 is 2.19 bits per heavy atom. The molecule has 0 saturated heterocycles. The SMILES string of the molecule is C=C1/C(=C\C=C2/CCC[C@]3(C)[C@@H]([C@H](C)/C=C/C(=O)OC)CC[C@@H]23)C[C@@H](O[Si](C)(C)C(C)(C)C)C[C@@H]1O[Si](C)(C)C(C)(C)C. The number of rotatable bonds is 8. The highest BCUT2D eigenvalue weighted by atomic mass is 28.4. The van der Waals surface area contributed by atoms with E-state index in [1.807, 2.05) is 0 Å². The quantitative estimate of drug-likeness (QED) is 0.152. The molecule has 0 N–H and O–H groups in total. The van der Waals surface area contributed by atoms with Crippen LogP contribution in [0.4, 0.5) is 0 Å². The normalized spacial score (nSPS) is 32.0. The summed E-state index contributed by atoms with van der Waals surface area (Å²) in [5.74, 6) is 1.25. The molecule has 3 fully saturated rings. The van der Waals surface area contributed by atoms with Crippen LogP contribution in [0.1, 0.15) is 100 Å². The van der Waals surface area contributed by atoms with Gasteiger partial charge < -0.3 is 13.6 Å². The molecule has 0 heterocycles. The lowest BCUT2D eigenvalue weighted by atomic mass is 9.61. The maximum Gasteiger partial charge on any atom is 0.330 e. The lowest BCUT2D eigenvalue weighted by Crippen LogP contribution is -2.49. The minimum absolute atomic E-state index is 0.00369. The van der Waals surface area contributed by atoms with Gasteiger partial charge in [0.1, 0.15) is 0 Å². The van der Waals surface area contributed by atoms with Crippen molar-refractivity contribution >= 4 is 22.6 Å². The van der Waals surface area contributed by atoms with E-state index in [4.69, 9.17) is 13.6 Å². The number of carbonyl (C=O) groups excluding carboxylic acids is 1. The second-order valence-electron chi connectivity index (χ2n) is 17.1. The first-order chi connectivity index (χ1) is 19.6. The molecule has 0 aromatic heterocycles. The molecule has 3 saturated carbocycles. The highest BCUT2D eigenvalue weighted by molar-refractivity contribution is 6.74. The van der Waals surface area contributed by atoms with Gasteiger partial charge in [0.25, 0.3) is 0 Å². The molecule has 0 amide bonds. The summed E-state index contributed by atoms with van der Waals surface area (Å²) in [6.07, 6.45) is 16.6. The van der Waals surface area contributed by atoms with Gasteiger partial charge in [0.05, 0.1) is 19.3 Å². The molecular formula is C37H64O4Si2. The van der Waals surface area contributed by atoms with Crippen LogP contribution in [0, 0.1) is 23.2 Å². The summed E-state index contributed by atoms with van der Waals surface area (Å²) in [4.78, 5) is 11.8. The van der Waals surface area contributed by atoms with E-state index in [9.17, 15) is 4.79 Å². The lowest BCUT2D eigenvalue weighted by Gasteiger charge is -2.45. The molecule has 3 aliphatic rings. The Balaban J connectivity index is 1.91. The summed E-state index contributed by atoms with van der Waals surface area (Å²) >= 11 is 0. The van der Waals surface area contributed by atoms with Crippen molar-refractivity contribution in [3.8, 4) is 0 Å². The van der Waals surface area contributed by atoms with Gasteiger partial charge in [-0.15, -0.1) is 0 Å². The van der Waals surface area contributed by atoms with Gasteiger partial charge in [0.15, 0.2) is 16.6 Å². The first kappa shape index (κ1) is 36.3. The van der Waals surface area contributed by atoms with Gasteiger partial charge in [0, 0.05) is 12.5 Å². The van der Waals surface area contributed by atoms with E-state index in [-0.39, 0.29) is 33.7 Å². The summed E-state index contributed by atoms with van der Waals surface area (Å²) in [6.45, 7) is 32.8. The molecule has 6 atom stereocenters. The van der Waals surface area contributed by atoms with Crippen molar-refractivity contribution < 1.29 is 18.4 Å². The third kappa shape index (κ3) is 8.15. The number of hydrogen-bond donors (Lipinski definition) is 0. The van der Waals surface area contributed by atoms with Gasteiger partial charge in [0.2, 0.25) is 0 Å². The van der Waals surface area contributed by atoms with Crippen molar-refractivity contribution in [2.45, 2.75) is 149 Å². The highest BCUT2D eigenvalue weighted by Gasteiger charge is 2.50. The third-order valence-corrected chi connectivity index (χ3v) is 21.2. The van der Waals surface area contributed by atoms with E-state index in [2.05, 4.69) is 106 Å². The van der Waals surface area contributed by atoms with E-state index in [1.165, 1.54) is 44.8 Å². The van der Waals surface area contributed by atoms with E-state index in [1.54, 1.807) is 11.6 Å². The maximum absolute atomic E-state index is 11.8. The highest BCUT2D eigenvalue weighted by Crippen LogP contribution is 2.59. The van der Waals surface area contributed by atoms with Crippen LogP contribution in [0.3, 0.4) is 0 Å². The summed E-state index contributed by atoms with van der Waals surface area (Å²) < 4.78 is 19.0. The van der Waals surface area contributed by atoms with Crippen molar-refractivity contribution in [2.24, 2.45) is 23.2 Å². The zero-order valence-corrected chi connectivity index (χ0v) is 32.0. The van der Waals surface area contributed by atoms with E-state index < -0.39 is 16.6 Å². The second-order valence-corrected chi connectivity index (χ2v) is 26.6. The molecule has 43 heavy (non-hydrogen) atoms. The average molecular weight is 629 g/mol. The van der Waals surface area contributed by atoms with Crippen LogP contribution in [0.15, 0.2) is 47.6 Å². The number of methoxy groups -OCH3 is 1. The van der Waals surface area contributed by atoms with E-state index >= 15 is 0 Å². The predicted molar refractivity (Wildman–Crippen MR) is 187 cm³/mol. The van der Waals surface area contributed by atoms with Crippen LogP contribution in [-0.4, -0.2) is 41.9 Å². The van der Waals surface area contributed by atoms with Crippen molar-refractivity contribution in [2.75, 3.05) is 7.11 Å². The fraction of sp³-hybridized carbons (Fsp3) is 0.757. The number of allylic oxidation sites excluding steroid dienone is 4. The lowest BCUT2D eigenvalue weighted by molar-refractivity contribution is -0.134. The number of esters is 1. The fourth-order valence-electron chi connectivity index (χ4n) is 7.34. The third-order valence-electron chi connectivity index (χ3n) is 12.1. The van der Waals surface area contributed by atoms with Gasteiger partial charge in [-0.2, -0.15) is 0 Å². The van der Waals surface area contributed by atoms with Crippen molar-refractivity contribution in [3.05, 3.63) is 47.6 Å². The zero-order valence-electron chi connectivity index (χ0n) is 30.0. The van der Waals surface area contributed by atoms with Gasteiger partial charge in [-0.05, 0) is 109 Å². The van der Waals surface area contributed by atoms with E-state index in [0.29, 0.717) is 17.8 Å². The van der Waals surface area contributed by atoms with Gasteiger partial charge >= 0.3 is 5.97 Å². The van der Waals surface area contributed by atoms with Crippen molar-refractivity contribution in [3.63, 3.8) is 0 Å². The summed E-state index contributed by atoms with van der Waals surface area (Å²) in [5.41, 5.74) is 4.31. The smallest absolute Gasteiger partial charge is 0.330 e. The molecule has 0 unspecified atom stereocenters. The number of carbonyl (C=O) groups is 1. The van der Waals surface area contributed by atoms with Crippen LogP contribution < -0.4 is 0 Å². The molecule has 3 aliphatic carbocycles. The molecule has 0 spiro atoms. The molecule has 0 aromatic rings. The minimum atomic E-state index is -1.99. The standard InChI is InChI=1S/C37H64O4Si2/c1-26(17-22-34(38)39-10)31-20-21-32-28(16-15-23-37(31,32)9)18-19-29-24-30(40-42(11,12)35(3,4)5)25-33(27(29)2)41-43(13,14)36(6,7)8/h17-19,22,26,30-33H,2,15-16,20-21,23-25H2,1,3-14H3/b22-17+,28-18+,29-19-/t26-,30-,31-,32+,33+,37-/m1/s1. The van der Waals surface area contributed by atoms with E-state index in [0.717, 1.165) is 18.4 Å². The number of fused-ring (bicyclic) bond motifs is 1. The molecule has 0 aliphatic heterocycles. The van der Waals surface area contributed by atoms with Crippen LogP contribution in [-0.2, 0) is 18.4 Å². The predicted octanol–water partition coefficient (Wildman–Crippen LogP) is 10.6. The Morgan fingerprint density at radius 2 is 1.60 bits per heavy atom. The minimum Gasteiger partial charge on any atom is -0.466 e. The Bertz CT molecular complexity index is 1120. The Kier molecular flexibility index (Phi) is 11.2. The molecule has 6 heteroatoms. The molecule has 0 radical (unpaired) electrons. The van der Waals surface area contributed by atoms with Gasteiger partial charge in [-0.25, -0.2) is 4.79 Å². The summed E-state index contributed by atoms with van der Waals surface area (Å²) in [7, 11) is -2.48. The zero-order chi connectivity index (χ0) is 32.6. The molecular weight excluding hydrogens is 565 g/mol. The molecule has 0 aromatic carbocycles. The Labute approximate surface area is 267 Å². The van der Waals surface area contributed by atoms with Crippen LogP contribution in [0.25, 0.3) is 0 Å². The Morgan fingerprint density at radius 1 is 1.00 bits per heavy atom. The topological polar surface area (TPSA) is 44.8 Å². The monoisotopic (exact) mass is 628 g/mol. The number of ether oxygens (including phenoxy) is 1. The van der Waals surface area contributed by atoms with Gasteiger partial charge in [-0.1, -0.05) is 85.8 Å². The summed E-state index contributed by atoms with van der Waals surface area (Å²) in [5, 5.41) is 0.305. The maximum atomic E-state index is 11.8. The Hall–Kier alpha value is -1.22. The van der Waals surface area contributed by atoms with Crippen LogP contribution in [0.2, 0.25) is 36.3 Å². The van der Waals surface area contributed by atoms with Crippen molar-refractivity contribution in [1.82, 2.24) is 0 Å². The molecule has 4 nitrogen and oxygen atoms in total.